The summed E-state index contributed by atoms with van der Waals surface area (Å²) < 4.78 is 11.7. The Morgan fingerprint density at radius 3 is 2.50 bits per heavy atom. The van der Waals surface area contributed by atoms with Crippen molar-refractivity contribution >= 4 is 21.9 Å². The van der Waals surface area contributed by atoms with Crippen LogP contribution < -0.4 is 0 Å². The molecule has 0 radical (unpaired) electrons. The summed E-state index contributed by atoms with van der Waals surface area (Å²) in [4.78, 5) is 12.4. The maximum absolute atomic E-state index is 12.4. The second-order valence-electron chi connectivity index (χ2n) is 5.96. The number of ether oxygens (including phenoxy) is 2. The number of hydrogen-bond donors (Lipinski definition) is 0. The lowest BCUT2D eigenvalue weighted by Gasteiger charge is -2.58. The van der Waals surface area contributed by atoms with Crippen molar-refractivity contribution in [3.05, 3.63) is 33.8 Å². The fourth-order valence-corrected chi connectivity index (χ4v) is 4.07. The Morgan fingerprint density at radius 2 is 2.05 bits per heavy atom. The van der Waals surface area contributed by atoms with Crippen LogP contribution in [0.1, 0.15) is 30.4 Å². The summed E-state index contributed by atoms with van der Waals surface area (Å²) in [5, 5.41) is 0. The molecule has 0 N–H and O–H groups in total. The van der Waals surface area contributed by atoms with Crippen molar-refractivity contribution in [1.82, 2.24) is 0 Å². The fourth-order valence-electron chi connectivity index (χ4n) is 3.71. The molecule has 0 spiro atoms. The Balaban J connectivity index is 2.11. The topological polar surface area (TPSA) is 35.5 Å². The van der Waals surface area contributed by atoms with E-state index in [1.54, 1.807) is 0 Å². The molecule has 1 aliphatic carbocycles. The standard InChI is InChI=1S/C16H19BrO3/c1-11-4-5-12(17)8-13(11)16(9-20-10-16)15(6-3-7-15)14(18)19-2/h4-5,8H,3,6-7,9-10H2,1-2H3. The van der Waals surface area contributed by atoms with Crippen LogP contribution in [0.25, 0.3) is 0 Å². The predicted molar refractivity (Wildman–Crippen MR) is 79.7 cm³/mol. The van der Waals surface area contributed by atoms with Crippen LogP contribution in [-0.4, -0.2) is 26.3 Å². The largest absolute Gasteiger partial charge is 0.469 e. The van der Waals surface area contributed by atoms with Gasteiger partial charge in [-0.2, -0.15) is 0 Å². The average Bonchev–Trinajstić information content (AvgIpc) is 2.34. The highest BCUT2D eigenvalue weighted by molar-refractivity contribution is 9.10. The third-order valence-corrected chi connectivity index (χ3v) is 5.60. The summed E-state index contributed by atoms with van der Waals surface area (Å²) in [5.74, 6) is -0.0774. The molecule has 1 saturated heterocycles. The van der Waals surface area contributed by atoms with E-state index in [9.17, 15) is 4.79 Å². The number of hydrogen-bond acceptors (Lipinski definition) is 3. The number of esters is 1. The van der Waals surface area contributed by atoms with E-state index in [-0.39, 0.29) is 11.4 Å². The molecule has 0 amide bonds. The maximum atomic E-state index is 12.4. The minimum Gasteiger partial charge on any atom is -0.469 e. The zero-order chi connectivity index (χ0) is 14.4. The van der Waals surface area contributed by atoms with Gasteiger partial charge in [0.25, 0.3) is 0 Å². The molecule has 2 fully saturated rings. The monoisotopic (exact) mass is 338 g/mol. The number of carbonyl (C=O) groups excluding carboxylic acids is 1. The summed E-state index contributed by atoms with van der Waals surface area (Å²) in [6, 6.07) is 6.28. The summed E-state index contributed by atoms with van der Waals surface area (Å²) in [6.45, 7) is 3.32. The van der Waals surface area contributed by atoms with Crippen LogP contribution in [0.15, 0.2) is 22.7 Å². The summed E-state index contributed by atoms with van der Waals surface area (Å²) >= 11 is 3.55. The Morgan fingerprint density at radius 1 is 1.35 bits per heavy atom. The van der Waals surface area contributed by atoms with Crippen LogP contribution in [-0.2, 0) is 19.7 Å². The molecule has 0 atom stereocenters. The van der Waals surface area contributed by atoms with Gasteiger partial charge in [0.1, 0.15) is 0 Å². The summed E-state index contributed by atoms with van der Waals surface area (Å²) in [7, 11) is 1.49. The van der Waals surface area contributed by atoms with Crippen molar-refractivity contribution in [1.29, 1.82) is 0 Å². The molecule has 0 aromatic heterocycles. The van der Waals surface area contributed by atoms with E-state index in [0.717, 1.165) is 23.7 Å². The van der Waals surface area contributed by atoms with Crippen molar-refractivity contribution in [2.24, 2.45) is 5.41 Å². The van der Waals surface area contributed by atoms with Gasteiger partial charge >= 0.3 is 5.97 Å². The molecular formula is C16H19BrO3. The molecule has 1 aliphatic heterocycles. The van der Waals surface area contributed by atoms with Gasteiger partial charge in [-0.25, -0.2) is 0 Å². The molecule has 4 heteroatoms. The molecule has 20 heavy (non-hydrogen) atoms. The molecule has 1 aromatic carbocycles. The maximum Gasteiger partial charge on any atom is 0.312 e. The van der Waals surface area contributed by atoms with Gasteiger partial charge in [0.05, 0.1) is 31.2 Å². The van der Waals surface area contributed by atoms with Gasteiger partial charge in [-0.1, -0.05) is 28.4 Å². The van der Waals surface area contributed by atoms with Crippen LogP contribution in [0.4, 0.5) is 0 Å². The van der Waals surface area contributed by atoms with Crippen LogP contribution in [0, 0.1) is 12.3 Å². The fraction of sp³-hybridized carbons (Fsp3) is 0.562. The SMILES string of the molecule is COC(=O)C1(C2(c3cc(Br)ccc3C)COC2)CCC1. The lowest BCUT2D eigenvalue weighted by atomic mass is 9.49. The van der Waals surface area contributed by atoms with Crippen molar-refractivity contribution in [3.8, 4) is 0 Å². The number of halogens is 1. The van der Waals surface area contributed by atoms with Crippen LogP contribution >= 0.6 is 15.9 Å². The molecule has 1 heterocycles. The highest BCUT2D eigenvalue weighted by Crippen LogP contribution is 2.59. The third kappa shape index (κ3) is 1.70. The highest BCUT2D eigenvalue weighted by atomic mass is 79.9. The molecule has 2 aliphatic rings. The van der Waals surface area contributed by atoms with Crippen molar-refractivity contribution in [3.63, 3.8) is 0 Å². The van der Waals surface area contributed by atoms with Gasteiger partial charge in [0.15, 0.2) is 0 Å². The number of aryl methyl sites for hydroxylation is 1. The van der Waals surface area contributed by atoms with E-state index >= 15 is 0 Å². The predicted octanol–water partition coefficient (Wildman–Crippen LogP) is 3.37. The lowest BCUT2D eigenvalue weighted by Crippen LogP contribution is -2.65. The Bertz CT molecular complexity index is 545. The molecular weight excluding hydrogens is 320 g/mol. The smallest absolute Gasteiger partial charge is 0.312 e. The molecule has 0 bridgehead atoms. The first-order valence-corrected chi connectivity index (χ1v) is 7.78. The molecule has 108 valence electrons. The van der Waals surface area contributed by atoms with Crippen molar-refractivity contribution in [2.75, 3.05) is 20.3 Å². The Labute approximate surface area is 127 Å². The number of benzene rings is 1. The molecule has 3 rings (SSSR count). The van der Waals surface area contributed by atoms with Crippen molar-refractivity contribution in [2.45, 2.75) is 31.6 Å². The Hall–Kier alpha value is -0.870. The van der Waals surface area contributed by atoms with Crippen molar-refractivity contribution < 1.29 is 14.3 Å². The molecule has 3 nitrogen and oxygen atoms in total. The quantitative estimate of drug-likeness (QED) is 0.792. The second kappa shape index (κ2) is 4.85. The third-order valence-electron chi connectivity index (χ3n) is 5.11. The second-order valence-corrected chi connectivity index (χ2v) is 6.88. The van der Waals surface area contributed by atoms with E-state index in [1.807, 2.05) is 6.07 Å². The van der Waals surface area contributed by atoms with Gasteiger partial charge in [-0.3, -0.25) is 4.79 Å². The average molecular weight is 339 g/mol. The van der Waals surface area contributed by atoms with Crippen LogP contribution in [0.5, 0.6) is 0 Å². The van der Waals surface area contributed by atoms with Gasteiger partial charge in [-0.05, 0) is 43.0 Å². The van der Waals surface area contributed by atoms with E-state index < -0.39 is 5.41 Å². The van der Waals surface area contributed by atoms with Gasteiger partial charge < -0.3 is 9.47 Å². The minimum absolute atomic E-state index is 0.0774. The number of methoxy groups -OCH3 is 1. The first-order valence-electron chi connectivity index (χ1n) is 6.99. The minimum atomic E-state index is -0.397. The summed E-state index contributed by atoms with van der Waals surface area (Å²) in [6.07, 6.45) is 2.88. The Kier molecular flexibility index (Phi) is 3.41. The van der Waals surface area contributed by atoms with Crippen LogP contribution in [0.3, 0.4) is 0 Å². The highest BCUT2D eigenvalue weighted by Gasteiger charge is 2.65. The van der Waals surface area contributed by atoms with Crippen LogP contribution in [0.2, 0.25) is 0 Å². The van der Waals surface area contributed by atoms with Gasteiger partial charge in [-0.15, -0.1) is 0 Å². The van der Waals surface area contributed by atoms with Gasteiger partial charge in [0.2, 0.25) is 0 Å². The van der Waals surface area contributed by atoms with E-state index in [0.29, 0.717) is 13.2 Å². The zero-order valence-electron chi connectivity index (χ0n) is 11.9. The van der Waals surface area contributed by atoms with E-state index in [4.69, 9.17) is 9.47 Å². The normalized spacial score (nSPS) is 22.6. The lowest BCUT2D eigenvalue weighted by molar-refractivity contribution is -0.195. The number of carbonyl (C=O) groups is 1. The van der Waals surface area contributed by atoms with E-state index in [1.165, 1.54) is 18.2 Å². The first-order chi connectivity index (χ1) is 9.56. The molecule has 1 saturated carbocycles. The zero-order valence-corrected chi connectivity index (χ0v) is 13.5. The molecule has 0 unspecified atom stereocenters. The van der Waals surface area contributed by atoms with E-state index in [2.05, 4.69) is 35.0 Å². The molecule has 1 aromatic rings. The summed E-state index contributed by atoms with van der Waals surface area (Å²) in [5.41, 5.74) is 1.83. The number of rotatable bonds is 3. The first kappa shape index (κ1) is 14.1. The van der Waals surface area contributed by atoms with Gasteiger partial charge in [0, 0.05) is 4.47 Å².